The van der Waals surface area contributed by atoms with E-state index in [1.807, 2.05) is 0 Å². The Morgan fingerprint density at radius 2 is 1.87 bits per heavy atom. The average molecular weight is 451 g/mol. The summed E-state index contributed by atoms with van der Waals surface area (Å²) in [5.74, 6) is -1.50. The van der Waals surface area contributed by atoms with E-state index in [4.69, 9.17) is 9.84 Å². The van der Waals surface area contributed by atoms with Crippen molar-refractivity contribution in [2.24, 2.45) is 0 Å². The lowest BCUT2D eigenvalue weighted by molar-refractivity contribution is -0.145. The Morgan fingerprint density at radius 1 is 1.19 bits per heavy atom. The number of carboxylic acids is 1. The minimum Gasteiger partial charge on any atom is -0.479 e. The lowest BCUT2D eigenvalue weighted by atomic mass is 10.1. The van der Waals surface area contributed by atoms with Crippen LogP contribution in [0.25, 0.3) is 6.08 Å². The van der Waals surface area contributed by atoms with Gasteiger partial charge in [0.05, 0.1) is 16.2 Å². The Morgan fingerprint density at radius 3 is 2.45 bits per heavy atom. The molecule has 2 aromatic rings. The first-order valence-electron chi connectivity index (χ1n) is 9.05. The predicted molar refractivity (Wildman–Crippen MR) is 109 cm³/mol. The monoisotopic (exact) mass is 451 g/mol. The first-order chi connectivity index (χ1) is 14.6. The molecule has 0 radical (unpaired) electrons. The largest absolute Gasteiger partial charge is 0.479 e. The van der Waals surface area contributed by atoms with Crippen LogP contribution in [-0.2, 0) is 15.8 Å². The molecule has 162 valence electrons. The van der Waals surface area contributed by atoms with Crippen molar-refractivity contribution in [3.8, 4) is 5.75 Å². The summed E-state index contributed by atoms with van der Waals surface area (Å²) in [5, 5.41) is 8.33. The minimum absolute atomic E-state index is 0.0491. The highest BCUT2D eigenvalue weighted by atomic mass is 32.2. The van der Waals surface area contributed by atoms with Crippen molar-refractivity contribution in [1.29, 1.82) is 0 Å². The molecule has 0 spiro atoms. The number of thioether (sulfide) groups is 1. The van der Waals surface area contributed by atoms with E-state index < -0.39 is 35.0 Å². The third-order valence-electron chi connectivity index (χ3n) is 4.33. The van der Waals surface area contributed by atoms with Crippen LogP contribution in [0.5, 0.6) is 5.75 Å². The van der Waals surface area contributed by atoms with Gasteiger partial charge in [-0.2, -0.15) is 13.2 Å². The minimum atomic E-state index is -4.60. The molecule has 0 bridgehead atoms. The highest BCUT2D eigenvalue weighted by Gasteiger charge is 2.38. The number of imide groups is 1. The number of rotatable bonds is 6. The molecule has 6 nitrogen and oxygen atoms in total. The number of carboxylic acid groups (broad SMARTS) is 1. The average Bonchev–Trinajstić information content (AvgIpc) is 2.99. The second kappa shape index (κ2) is 8.84. The molecule has 1 N–H and O–H groups in total. The molecule has 10 heteroatoms. The summed E-state index contributed by atoms with van der Waals surface area (Å²) in [7, 11) is 0. The number of hydrogen-bond acceptors (Lipinski definition) is 5. The number of carbonyl (C=O) groups is 3. The maximum atomic E-state index is 12.9. The molecular weight excluding hydrogens is 435 g/mol. The first-order valence-corrected chi connectivity index (χ1v) is 9.86. The Hall–Kier alpha value is -3.27. The second-order valence-electron chi connectivity index (χ2n) is 6.49. The van der Waals surface area contributed by atoms with E-state index >= 15 is 0 Å². The van der Waals surface area contributed by atoms with Gasteiger partial charge in [-0.1, -0.05) is 25.1 Å². The summed E-state index contributed by atoms with van der Waals surface area (Å²) in [6.45, 7) is 1.67. The van der Waals surface area contributed by atoms with Crippen LogP contribution in [-0.4, -0.2) is 28.3 Å². The van der Waals surface area contributed by atoms with Crippen molar-refractivity contribution < 1.29 is 37.4 Å². The summed E-state index contributed by atoms with van der Waals surface area (Å²) in [6.07, 6.45) is -3.89. The lowest BCUT2D eigenvalue weighted by Crippen LogP contribution is -2.28. The molecule has 1 heterocycles. The summed E-state index contributed by atoms with van der Waals surface area (Å²) < 4.78 is 44.2. The molecule has 1 saturated heterocycles. The topological polar surface area (TPSA) is 83.9 Å². The van der Waals surface area contributed by atoms with Crippen LogP contribution in [0.3, 0.4) is 0 Å². The molecule has 0 saturated carbocycles. The number of ether oxygens (including phenoxy) is 1. The van der Waals surface area contributed by atoms with E-state index in [0.717, 1.165) is 18.2 Å². The fraction of sp³-hybridized carbons (Fsp3) is 0.190. The van der Waals surface area contributed by atoms with E-state index in [1.54, 1.807) is 19.1 Å². The van der Waals surface area contributed by atoms with Crippen molar-refractivity contribution in [3.63, 3.8) is 0 Å². The van der Waals surface area contributed by atoms with E-state index in [2.05, 4.69) is 0 Å². The number of anilines is 1. The van der Waals surface area contributed by atoms with Crippen LogP contribution in [0.1, 0.15) is 24.5 Å². The molecule has 3 rings (SSSR count). The highest BCUT2D eigenvalue weighted by Crippen LogP contribution is 2.38. The summed E-state index contributed by atoms with van der Waals surface area (Å²) in [6, 6.07) is 10.2. The fourth-order valence-electron chi connectivity index (χ4n) is 2.78. The number of amides is 2. The van der Waals surface area contributed by atoms with Gasteiger partial charge in [0.15, 0.2) is 6.10 Å². The third-order valence-corrected chi connectivity index (χ3v) is 5.20. The normalized spacial score (nSPS) is 16.6. The van der Waals surface area contributed by atoms with Crippen molar-refractivity contribution in [3.05, 3.63) is 64.6 Å². The quantitative estimate of drug-likeness (QED) is 0.609. The van der Waals surface area contributed by atoms with Gasteiger partial charge < -0.3 is 9.84 Å². The van der Waals surface area contributed by atoms with Crippen molar-refractivity contribution >= 4 is 40.6 Å². The number of alkyl halides is 3. The number of hydrogen-bond donors (Lipinski definition) is 1. The maximum absolute atomic E-state index is 12.9. The van der Waals surface area contributed by atoms with Crippen LogP contribution in [0, 0.1) is 0 Å². The fourth-order valence-corrected chi connectivity index (χ4v) is 3.62. The summed E-state index contributed by atoms with van der Waals surface area (Å²) >= 11 is 0.616. The van der Waals surface area contributed by atoms with Gasteiger partial charge in [-0.3, -0.25) is 9.59 Å². The van der Waals surface area contributed by atoms with E-state index in [1.165, 1.54) is 24.3 Å². The Kier molecular flexibility index (Phi) is 6.40. The number of halogens is 3. The van der Waals surface area contributed by atoms with Crippen LogP contribution in [0.15, 0.2) is 53.4 Å². The van der Waals surface area contributed by atoms with E-state index in [9.17, 15) is 27.6 Å². The first kappa shape index (κ1) is 22.4. The van der Waals surface area contributed by atoms with Crippen LogP contribution >= 0.6 is 11.8 Å². The van der Waals surface area contributed by atoms with Crippen molar-refractivity contribution in [1.82, 2.24) is 0 Å². The summed E-state index contributed by atoms with van der Waals surface area (Å²) in [5.41, 5.74) is -0.593. The maximum Gasteiger partial charge on any atom is 0.416 e. The molecule has 1 fully saturated rings. The van der Waals surface area contributed by atoms with Gasteiger partial charge in [-0.05, 0) is 60.2 Å². The molecule has 1 atom stereocenters. The molecule has 0 aromatic heterocycles. The van der Waals surface area contributed by atoms with Crippen LogP contribution < -0.4 is 9.64 Å². The standard InChI is InChI=1S/C21H16F3NO5S/c1-2-16(19(27)28)30-15-8-6-12(7-9-15)10-17-18(26)25(20(29)31-17)14-5-3-4-13(11-14)21(22,23)24/h3-11,16H,2H2,1H3,(H,27,28)/b17-10+. The molecule has 2 amide bonds. The summed E-state index contributed by atoms with van der Waals surface area (Å²) in [4.78, 5) is 36.7. The number of aliphatic carboxylic acids is 1. The smallest absolute Gasteiger partial charge is 0.416 e. The van der Waals surface area contributed by atoms with Gasteiger partial charge in [0.1, 0.15) is 5.75 Å². The Bertz CT molecular complexity index is 1050. The highest BCUT2D eigenvalue weighted by molar-refractivity contribution is 8.19. The molecule has 31 heavy (non-hydrogen) atoms. The van der Waals surface area contributed by atoms with Gasteiger partial charge in [0.25, 0.3) is 11.1 Å². The Labute approximate surface area is 179 Å². The van der Waals surface area contributed by atoms with Crippen LogP contribution in [0.4, 0.5) is 23.7 Å². The molecule has 1 aliphatic rings. The molecule has 1 unspecified atom stereocenters. The lowest BCUT2D eigenvalue weighted by Gasteiger charge is -2.15. The van der Waals surface area contributed by atoms with Crippen molar-refractivity contribution in [2.75, 3.05) is 4.90 Å². The molecule has 1 aliphatic heterocycles. The predicted octanol–water partition coefficient (Wildman–Crippen LogP) is 5.19. The van der Waals surface area contributed by atoms with Gasteiger partial charge >= 0.3 is 12.1 Å². The van der Waals surface area contributed by atoms with Gasteiger partial charge in [0.2, 0.25) is 0 Å². The zero-order chi connectivity index (χ0) is 22.8. The number of carbonyl (C=O) groups excluding carboxylic acids is 2. The zero-order valence-corrected chi connectivity index (χ0v) is 16.9. The second-order valence-corrected chi connectivity index (χ2v) is 7.48. The number of nitrogens with zero attached hydrogens (tertiary/aromatic N) is 1. The molecule has 0 aliphatic carbocycles. The van der Waals surface area contributed by atoms with Gasteiger partial charge in [0, 0.05) is 0 Å². The van der Waals surface area contributed by atoms with Gasteiger partial charge in [-0.15, -0.1) is 0 Å². The molecule has 2 aromatic carbocycles. The van der Waals surface area contributed by atoms with E-state index in [0.29, 0.717) is 28.0 Å². The van der Waals surface area contributed by atoms with Crippen molar-refractivity contribution in [2.45, 2.75) is 25.6 Å². The zero-order valence-electron chi connectivity index (χ0n) is 16.1. The number of benzene rings is 2. The third kappa shape index (κ3) is 5.08. The SMILES string of the molecule is CCC(Oc1ccc(/C=C2/SC(=O)N(c3cccc(C(F)(F)F)c3)C2=O)cc1)C(=O)O. The molecular formula is C21H16F3NO5S. The Balaban J connectivity index is 1.80. The van der Waals surface area contributed by atoms with Gasteiger partial charge in [-0.25, -0.2) is 9.69 Å². The van der Waals surface area contributed by atoms with Crippen LogP contribution in [0.2, 0.25) is 0 Å². The van der Waals surface area contributed by atoms with E-state index in [-0.39, 0.29) is 17.0 Å².